The van der Waals surface area contributed by atoms with E-state index in [-0.39, 0.29) is 11.5 Å². The van der Waals surface area contributed by atoms with Crippen LogP contribution in [0.3, 0.4) is 0 Å². The van der Waals surface area contributed by atoms with Crippen LogP contribution in [0.1, 0.15) is 33.1 Å². The monoisotopic (exact) mass is 339 g/mol. The number of amides is 1. The van der Waals surface area contributed by atoms with Crippen LogP contribution in [0.2, 0.25) is 0 Å². The molecule has 1 aliphatic heterocycles. The van der Waals surface area contributed by atoms with Crippen molar-refractivity contribution in [2.45, 2.75) is 19.3 Å². The number of hydrogen-bond acceptors (Lipinski definition) is 4. The Morgan fingerprint density at radius 2 is 2.12 bits per heavy atom. The summed E-state index contributed by atoms with van der Waals surface area (Å²) in [5.74, 6) is 0.389. The molecule has 122 valence electrons. The number of aromatic nitrogens is 2. The smallest absolute Gasteiger partial charge is 0.264 e. The molecule has 4 rings (SSSR count). The molecular formula is C18H17N3O2S. The van der Waals surface area contributed by atoms with Crippen LogP contribution in [-0.2, 0) is 0 Å². The molecule has 0 saturated carbocycles. The average molecular weight is 339 g/mol. The number of nitrogens with zero attached hydrogens (tertiary/aromatic N) is 2. The number of aromatic amines is 1. The first-order chi connectivity index (χ1) is 11.6. The number of carbonyl (C=O) groups excluding carboxylic acids is 1. The van der Waals surface area contributed by atoms with E-state index in [1.165, 1.54) is 23.2 Å². The van der Waals surface area contributed by atoms with Crippen LogP contribution in [0.25, 0.3) is 10.2 Å². The quantitative estimate of drug-likeness (QED) is 0.781. The van der Waals surface area contributed by atoms with Crippen molar-refractivity contribution in [1.82, 2.24) is 14.9 Å². The molecule has 0 radical (unpaired) electrons. The molecule has 6 heteroatoms. The van der Waals surface area contributed by atoms with Gasteiger partial charge in [-0.15, -0.1) is 11.3 Å². The summed E-state index contributed by atoms with van der Waals surface area (Å²) in [6, 6.07) is 10.3. The predicted molar refractivity (Wildman–Crippen MR) is 94.7 cm³/mol. The highest BCUT2D eigenvalue weighted by atomic mass is 32.1. The van der Waals surface area contributed by atoms with E-state index in [9.17, 15) is 9.59 Å². The lowest BCUT2D eigenvalue weighted by Gasteiger charge is -2.16. The predicted octanol–water partition coefficient (Wildman–Crippen LogP) is 2.92. The number of likely N-dealkylation sites (tertiary alicyclic amines) is 1. The van der Waals surface area contributed by atoms with Gasteiger partial charge >= 0.3 is 0 Å². The van der Waals surface area contributed by atoms with Gasteiger partial charge in [-0.25, -0.2) is 4.98 Å². The summed E-state index contributed by atoms with van der Waals surface area (Å²) in [6.07, 6.45) is 2.36. The fourth-order valence-electron chi connectivity index (χ4n) is 3.37. The summed E-state index contributed by atoms with van der Waals surface area (Å²) in [6.45, 7) is 3.30. The third-order valence-electron chi connectivity index (χ3n) is 4.67. The second-order valence-electron chi connectivity index (χ2n) is 6.12. The van der Waals surface area contributed by atoms with E-state index in [0.29, 0.717) is 21.0 Å². The van der Waals surface area contributed by atoms with Crippen LogP contribution >= 0.6 is 11.3 Å². The Balaban J connectivity index is 1.62. The first-order valence-electron chi connectivity index (χ1n) is 7.96. The molecule has 0 bridgehead atoms. The van der Waals surface area contributed by atoms with E-state index in [4.69, 9.17) is 0 Å². The number of benzene rings is 1. The van der Waals surface area contributed by atoms with Crippen molar-refractivity contribution >= 4 is 27.5 Å². The van der Waals surface area contributed by atoms with Crippen LogP contribution in [0.15, 0.2) is 41.5 Å². The van der Waals surface area contributed by atoms with Gasteiger partial charge in [0.25, 0.3) is 11.5 Å². The van der Waals surface area contributed by atoms with Gasteiger partial charge < -0.3 is 9.88 Å². The Bertz CT molecular complexity index is 961. The lowest BCUT2D eigenvalue weighted by molar-refractivity contribution is 0.0795. The highest BCUT2D eigenvalue weighted by molar-refractivity contribution is 7.20. The lowest BCUT2D eigenvalue weighted by atomic mass is 9.99. The molecule has 3 aromatic rings. The van der Waals surface area contributed by atoms with Crippen molar-refractivity contribution < 1.29 is 4.79 Å². The van der Waals surface area contributed by atoms with Crippen molar-refractivity contribution in [3.63, 3.8) is 0 Å². The van der Waals surface area contributed by atoms with Gasteiger partial charge in [-0.3, -0.25) is 9.59 Å². The molecule has 0 aliphatic carbocycles. The van der Waals surface area contributed by atoms with E-state index in [0.717, 1.165) is 25.1 Å². The molecule has 1 amide bonds. The largest absolute Gasteiger partial charge is 0.337 e. The molecule has 0 spiro atoms. The summed E-state index contributed by atoms with van der Waals surface area (Å²) in [4.78, 5) is 34.8. The molecule has 24 heavy (non-hydrogen) atoms. The normalized spacial score (nSPS) is 17.5. The van der Waals surface area contributed by atoms with Gasteiger partial charge in [0, 0.05) is 19.0 Å². The summed E-state index contributed by atoms with van der Waals surface area (Å²) in [5.41, 5.74) is 1.83. The number of thiophene rings is 1. The Labute approximate surface area is 143 Å². The topological polar surface area (TPSA) is 66.1 Å². The molecule has 3 heterocycles. The molecule has 1 atom stereocenters. The van der Waals surface area contributed by atoms with Crippen molar-refractivity contribution in [2.24, 2.45) is 0 Å². The van der Waals surface area contributed by atoms with E-state index in [2.05, 4.69) is 22.1 Å². The highest BCUT2D eigenvalue weighted by Crippen LogP contribution is 2.32. The average Bonchev–Trinajstić information content (AvgIpc) is 3.21. The van der Waals surface area contributed by atoms with Gasteiger partial charge in [0.05, 0.1) is 16.6 Å². The van der Waals surface area contributed by atoms with Gasteiger partial charge in [-0.05, 0) is 24.5 Å². The fraction of sp³-hybridized carbons (Fsp3) is 0.278. The molecule has 5 nitrogen and oxygen atoms in total. The maximum absolute atomic E-state index is 12.9. The van der Waals surface area contributed by atoms with Crippen LogP contribution in [0.4, 0.5) is 0 Å². The fourth-order valence-corrected chi connectivity index (χ4v) is 4.49. The minimum absolute atomic E-state index is 0.00771. The molecule has 1 aliphatic rings. The third-order valence-corrected chi connectivity index (χ3v) is 5.86. The van der Waals surface area contributed by atoms with Crippen LogP contribution in [0, 0.1) is 6.92 Å². The highest BCUT2D eigenvalue weighted by Gasteiger charge is 2.30. The van der Waals surface area contributed by atoms with Crippen LogP contribution < -0.4 is 5.56 Å². The Kier molecular flexibility index (Phi) is 3.69. The maximum atomic E-state index is 12.9. The third kappa shape index (κ3) is 2.43. The van der Waals surface area contributed by atoms with Crippen molar-refractivity contribution in [3.8, 4) is 0 Å². The molecule has 1 N–H and O–H groups in total. The number of fused-ring (bicyclic) bond motifs is 1. The number of hydrogen-bond donors (Lipinski definition) is 1. The first-order valence-corrected chi connectivity index (χ1v) is 8.78. The van der Waals surface area contributed by atoms with E-state index in [1.54, 1.807) is 0 Å². The number of nitrogens with one attached hydrogen (secondary N) is 1. The minimum Gasteiger partial charge on any atom is -0.337 e. The number of aryl methyl sites for hydroxylation is 1. The molecule has 1 saturated heterocycles. The van der Waals surface area contributed by atoms with Crippen LogP contribution in [0.5, 0.6) is 0 Å². The standard InChI is InChI=1S/C18H17N3O2S/c1-11-14-16(22)19-10-20-17(14)24-15(11)18(23)21-8-7-13(9-21)12-5-3-2-4-6-12/h2-6,10,13H,7-9H2,1H3,(H,19,20,22). The van der Waals surface area contributed by atoms with Crippen LogP contribution in [-0.4, -0.2) is 33.9 Å². The summed E-state index contributed by atoms with van der Waals surface area (Å²) in [5, 5.41) is 0.532. The zero-order chi connectivity index (χ0) is 16.7. The van der Waals surface area contributed by atoms with E-state index >= 15 is 0 Å². The van der Waals surface area contributed by atoms with Gasteiger partial charge in [0.2, 0.25) is 0 Å². The molecule has 1 unspecified atom stereocenters. The van der Waals surface area contributed by atoms with Crippen molar-refractivity contribution in [1.29, 1.82) is 0 Å². The molecule has 1 aromatic carbocycles. The van der Waals surface area contributed by atoms with Gasteiger partial charge in [0.15, 0.2) is 0 Å². The van der Waals surface area contributed by atoms with Gasteiger partial charge in [-0.2, -0.15) is 0 Å². The zero-order valence-electron chi connectivity index (χ0n) is 13.3. The first kappa shape index (κ1) is 15.1. The van der Waals surface area contributed by atoms with Gasteiger partial charge in [-0.1, -0.05) is 30.3 Å². The molecule has 1 fully saturated rings. The van der Waals surface area contributed by atoms with Crippen molar-refractivity contribution in [3.05, 3.63) is 63.0 Å². The van der Waals surface area contributed by atoms with E-state index in [1.807, 2.05) is 30.0 Å². The number of H-pyrrole nitrogens is 1. The zero-order valence-corrected chi connectivity index (χ0v) is 14.1. The van der Waals surface area contributed by atoms with Crippen molar-refractivity contribution in [2.75, 3.05) is 13.1 Å². The Morgan fingerprint density at radius 1 is 1.33 bits per heavy atom. The van der Waals surface area contributed by atoms with Gasteiger partial charge in [0.1, 0.15) is 4.83 Å². The molecular weight excluding hydrogens is 322 g/mol. The second-order valence-corrected chi connectivity index (χ2v) is 7.11. The second kappa shape index (κ2) is 5.87. The van der Waals surface area contributed by atoms with E-state index < -0.39 is 0 Å². The Morgan fingerprint density at radius 3 is 2.88 bits per heavy atom. The molecule has 2 aromatic heterocycles. The minimum atomic E-state index is -0.184. The summed E-state index contributed by atoms with van der Waals surface area (Å²) in [7, 11) is 0. The lowest BCUT2D eigenvalue weighted by Crippen LogP contribution is -2.28. The SMILES string of the molecule is Cc1c(C(=O)N2CCC(c3ccccc3)C2)sc2nc[nH]c(=O)c12. The Hall–Kier alpha value is -2.47. The summed E-state index contributed by atoms with van der Waals surface area (Å²) >= 11 is 1.31. The number of carbonyl (C=O) groups is 1. The maximum Gasteiger partial charge on any atom is 0.264 e. The number of rotatable bonds is 2. The summed E-state index contributed by atoms with van der Waals surface area (Å²) < 4.78 is 0.